The Labute approximate surface area is 81.5 Å². The monoisotopic (exact) mass is 198 g/mol. The molecule has 1 aromatic rings. The van der Waals surface area contributed by atoms with E-state index in [4.69, 9.17) is 9.15 Å². The summed E-state index contributed by atoms with van der Waals surface area (Å²) >= 11 is 0. The highest BCUT2D eigenvalue weighted by molar-refractivity contribution is 5.01. The minimum atomic E-state index is -0.501. The first-order valence-electron chi connectivity index (χ1n) is 4.80. The minimum Gasteiger partial charge on any atom is -0.392 e. The van der Waals surface area contributed by atoms with Gasteiger partial charge in [-0.1, -0.05) is 6.92 Å². The highest BCUT2D eigenvalue weighted by Gasteiger charge is 2.40. The van der Waals surface area contributed by atoms with E-state index in [-0.39, 0.29) is 18.1 Å². The fraction of sp³-hybridized carbons (Fsp3) is 0.778. The average molecular weight is 198 g/mol. The Bertz CT molecular complexity index is 370. The van der Waals surface area contributed by atoms with Gasteiger partial charge in [-0.25, -0.2) is 9.89 Å². The topological polar surface area (TPSA) is 68.1 Å². The molecule has 2 rings (SSSR count). The van der Waals surface area contributed by atoms with Gasteiger partial charge in [0.15, 0.2) is 0 Å². The van der Waals surface area contributed by atoms with Crippen LogP contribution in [-0.4, -0.2) is 22.4 Å². The number of H-pyrrole nitrogens is 1. The van der Waals surface area contributed by atoms with E-state index in [1.807, 2.05) is 13.8 Å². The normalized spacial score (nSPS) is 37.6. The summed E-state index contributed by atoms with van der Waals surface area (Å²) in [5, 5.41) is 6.12. The van der Waals surface area contributed by atoms with Gasteiger partial charge in [-0.15, -0.1) is 5.10 Å². The van der Waals surface area contributed by atoms with E-state index in [1.165, 1.54) is 0 Å². The summed E-state index contributed by atoms with van der Waals surface area (Å²) in [5.41, 5.74) is 0. The van der Waals surface area contributed by atoms with Crippen molar-refractivity contribution in [1.82, 2.24) is 10.2 Å². The molecule has 0 saturated carbocycles. The smallest absolute Gasteiger partial charge is 0.392 e. The first-order valence-corrected chi connectivity index (χ1v) is 4.80. The number of nitrogens with one attached hydrogen (secondary N) is 1. The summed E-state index contributed by atoms with van der Waals surface area (Å²) in [6, 6.07) is 0. The van der Waals surface area contributed by atoms with E-state index in [0.717, 1.165) is 0 Å². The Morgan fingerprint density at radius 3 is 2.43 bits per heavy atom. The van der Waals surface area contributed by atoms with Crippen LogP contribution in [0.25, 0.3) is 0 Å². The van der Waals surface area contributed by atoms with Gasteiger partial charge in [0, 0.05) is 0 Å². The SMILES string of the molecule is CC1OC(C)C(c2n[nH]c(=O)o2)C1C. The molecule has 0 aromatic carbocycles. The van der Waals surface area contributed by atoms with Gasteiger partial charge in [0.25, 0.3) is 0 Å². The molecule has 4 atom stereocenters. The molecule has 5 nitrogen and oxygen atoms in total. The predicted octanol–water partition coefficient (Wildman–Crippen LogP) is 0.890. The van der Waals surface area contributed by atoms with Gasteiger partial charge in [-0.2, -0.15) is 0 Å². The third kappa shape index (κ3) is 1.37. The summed E-state index contributed by atoms with van der Waals surface area (Å²) < 4.78 is 10.6. The Hall–Kier alpha value is -1.10. The van der Waals surface area contributed by atoms with Gasteiger partial charge in [-0.3, -0.25) is 0 Å². The fourth-order valence-corrected chi connectivity index (χ4v) is 2.08. The number of ether oxygens (including phenoxy) is 1. The number of hydrogen-bond donors (Lipinski definition) is 1. The van der Waals surface area contributed by atoms with Crippen molar-refractivity contribution in [2.45, 2.75) is 38.9 Å². The highest BCUT2D eigenvalue weighted by Crippen LogP contribution is 2.38. The van der Waals surface area contributed by atoms with Crippen molar-refractivity contribution in [2.75, 3.05) is 0 Å². The molecule has 1 N–H and O–H groups in total. The van der Waals surface area contributed by atoms with Gasteiger partial charge in [0.2, 0.25) is 5.89 Å². The van der Waals surface area contributed by atoms with Crippen molar-refractivity contribution in [3.8, 4) is 0 Å². The molecule has 1 saturated heterocycles. The first kappa shape index (κ1) is 9.45. The zero-order chi connectivity index (χ0) is 10.3. The molecule has 14 heavy (non-hydrogen) atoms. The van der Waals surface area contributed by atoms with E-state index >= 15 is 0 Å². The summed E-state index contributed by atoms with van der Waals surface area (Å²) in [7, 11) is 0. The van der Waals surface area contributed by atoms with E-state index in [1.54, 1.807) is 0 Å². The second-order valence-corrected chi connectivity index (χ2v) is 3.88. The second-order valence-electron chi connectivity index (χ2n) is 3.88. The second kappa shape index (κ2) is 3.24. The first-order chi connectivity index (χ1) is 6.59. The number of nitrogens with zero attached hydrogens (tertiary/aromatic N) is 1. The molecule has 5 heteroatoms. The fourth-order valence-electron chi connectivity index (χ4n) is 2.08. The quantitative estimate of drug-likeness (QED) is 0.727. The van der Waals surface area contributed by atoms with Gasteiger partial charge in [-0.05, 0) is 19.8 Å². The molecule has 1 fully saturated rings. The lowest BCUT2D eigenvalue weighted by Crippen LogP contribution is -2.15. The number of aromatic amines is 1. The molecule has 2 heterocycles. The molecule has 0 amide bonds. The summed E-state index contributed by atoms with van der Waals surface area (Å²) in [4.78, 5) is 10.8. The molecule has 1 aliphatic heterocycles. The molecule has 4 unspecified atom stereocenters. The lowest BCUT2D eigenvalue weighted by atomic mass is 9.89. The molecule has 1 aromatic heterocycles. The van der Waals surface area contributed by atoms with Crippen LogP contribution >= 0.6 is 0 Å². The largest absolute Gasteiger partial charge is 0.434 e. The van der Waals surface area contributed by atoms with Crippen molar-refractivity contribution < 1.29 is 9.15 Å². The van der Waals surface area contributed by atoms with Gasteiger partial charge in [0.1, 0.15) is 0 Å². The Morgan fingerprint density at radius 1 is 1.29 bits per heavy atom. The lowest BCUT2D eigenvalue weighted by Gasteiger charge is -2.12. The number of hydrogen-bond acceptors (Lipinski definition) is 4. The number of rotatable bonds is 1. The van der Waals surface area contributed by atoms with Crippen LogP contribution in [0.4, 0.5) is 0 Å². The zero-order valence-electron chi connectivity index (χ0n) is 8.48. The van der Waals surface area contributed by atoms with Crippen molar-refractivity contribution in [1.29, 1.82) is 0 Å². The highest BCUT2D eigenvalue weighted by atomic mass is 16.5. The van der Waals surface area contributed by atoms with Crippen LogP contribution in [0.5, 0.6) is 0 Å². The molecule has 78 valence electrons. The maximum Gasteiger partial charge on any atom is 0.434 e. The van der Waals surface area contributed by atoms with Crippen molar-refractivity contribution in [3.63, 3.8) is 0 Å². The van der Waals surface area contributed by atoms with Crippen molar-refractivity contribution >= 4 is 0 Å². The van der Waals surface area contributed by atoms with E-state index < -0.39 is 5.76 Å². The molecule has 0 bridgehead atoms. The molecular weight excluding hydrogens is 184 g/mol. The minimum absolute atomic E-state index is 0.0476. The van der Waals surface area contributed by atoms with Crippen LogP contribution in [0.1, 0.15) is 32.6 Å². The number of aromatic nitrogens is 2. The Balaban J connectivity index is 2.30. The van der Waals surface area contributed by atoms with Crippen molar-refractivity contribution in [3.05, 3.63) is 16.4 Å². The van der Waals surface area contributed by atoms with Crippen LogP contribution < -0.4 is 5.76 Å². The molecule has 0 aliphatic carbocycles. The zero-order valence-corrected chi connectivity index (χ0v) is 8.48. The molecule has 0 radical (unpaired) electrons. The summed E-state index contributed by atoms with van der Waals surface area (Å²) in [6.45, 7) is 6.07. The van der Waals surface area contributed by atoms with E-state index in [2.05, 4.69) is 17.1 Å². The third-order valence-corrected chi connectivity index (χ3v) is 2.98. The standard InChI is InChI=1S/C9H14N2O3/c1-4-5(2)13-6(3)7(4)8-10-11-9(12)14-8/h4-7H,1-3H3,(H,11,12). The van der Waals surface area contributed by atoms with Crippen molar-refractivity contribution in [2.24, 2.45) is 5.92 Å². The van der Waals surface area contributed by atoms with Crippen LogP contribution in [0.2, 0.25) is 0 Å². The third-order valence-electron chi connectivity index (χ3n) is 2.98. The molecule has 0 spiro atoms. The maximum atomic E-state index is 10.8. The average Bonchev–Trinajstić information content (AvgIpc) is 2.60. The van der Waals surface area contributed by atoms with E-state index in [0.29, 0.717) is 11.8 Å². The van der Waals surface area contributed by atoms with Crippen LogP contribution in [0.15, 0.2) is 9.21 Å². The van der Waals surface area contributed by atoms with Gasteiger partial charge in [0.05, 0.1) is 18.1 Å². The predicted molar refractivity (Wildman–Crippen MR) is 49.0 cm³/mol. The summed E-state index contributed by atoms with van der Waals surface area (Å²) in [5.74, 6) is 0.346. The van der Waals surface area contributed by atoms with E-state index in [9.17, 15) is 4.79 Å². The Kier molecular flexibility index (Phi) is 2.19. The van der Waals surface area contributed by atoms with Gasteiger partial charge < -0.3 is 9.15 Å². The lowest BCUT2D eigenvalue weighted by molar-refractivity contribution is 0.0544. The maximum absolute atomic E-state index is 10.8. The summed E-state index contributed by atoms with van der Waals surface area (Å²) in [6.07, 6.45) is 0.225. The van der Waals surface area contributed by atoms with Crippen LogP contribution in [0, 0.1) is 5.92 Å². The Morgan fingerprint density at radius 2 is 2.00 bits per heavy atom. The van der Waals surface area contributed by atoms with Crippen LogP contribution in [0.3, 0.4) is 0 Å². The molecular formula is C9H14N2O3. The van der Waals surface area contributed by atoms with Crippen LogP contribution in [-0.2, 0) is 4.74 Å². The van der Waals surface area contributed by atoms with Gasteiger partial charge >= 0.3 is 5.76 Å². The molecule has 1 aliphatic rings.